The van der Waals surface area contributed by atoms with Crippen LogP contribution >= 0.6 is 0 Å². The molecule has 1 fully saturated rings. The van der Waals surface area contributed by atoms with Crippen LogP contribution in [0.4, 0.5) is 11.4 Å². The summed E-state index contributed by atoms with van der Waals surface area (Å²) in [5, 5.41) is 0. The van der Waals surface area contributed by atoms with Crippen LogP contribution in [0.3, 0.4) is 0 Å². The highest BCUT2D eigenvalue weighted by Crippen LogP contribution is 2.30. The molecule has 0 amide bonds. The van der Waals surface area contributed by atoms with Gasteiger partial charge in [0.1, 0.15) is 5.75 Å². The summed E-state index contributed by atoms with van der Waals surface area (Å²) in [5.74, 6) is 0.763. The third kappa shape index (κ3) is 3.32. The predicted molar refractivity (Wildman–Crippen MR) is 78.8 cm³/mol. The molecule has 0 aliphatic carbocycles. The summed E-state index contributed by atoms with van der Waals surface area (Å²) < 4.78 is 11.4. The van der Waals surface area contributed by atoms with Gasteiger partial charge in [-0.25, -0.2) is 0 Å². The highest BCUT2D eigenvalue weighted by molar-refractivity contribution is 5.63. The summed E-state index contributed by atoms with van der Waals surface area (Å²) in [6, 6.07) is 6.37. The Labute approximate surface area is 115 Å². The van der Waals surface area contributed by atoms with Gasteiger partial charge in [0.25, 0.3) is 0 Å². The van der Waals surface area contributed by atoms with Crippen molar-refractivity contribution in [1.82, 2.24) is 0 Å². The van der Waals surface area contributed by atoms with Gasteiger partial charge in [-0.3, -0.25) is 0 Å². The molecular weight excluding hydrogens is 240 g/mol. The molecular formula is C15H24N2O2. The monoisotopic (exact) mass is 264 g/mol. The van der Waals surface area contributed by atoms with Gasteiger partial charge in [0.05, 0.1) is 24.5 Å². The van der Waals surface area contributed by atoms with E-state index in [1.54, 1.807) is 0 Å². The number of rotatable bonds is 3. The number of morpholine rings is 1. The van der Waals surface area contributed by atoms with E-state index in [1.807, 2.05) is 26.0 Å². The topological polar surface area (TPSA) is 47.7 Å². The van der Waals surface area contributed by atoms with Crippen LogP contribution in [0.2, 0.25) is 0 Å². The van der Waals surface area contributed by atoms with Gasteiger partial charge in [-0.05, 0) is 39.8 Å². The number of nitrogens with zero attached hydrogens (tertiary/aromatic N) is 1. The Bertz CT molecular complexity index is 434. The summed E-state index contributed by atoms with van der Waals surface area (Å²) in [5.41, 5.74) is 7.79. The lowest BCUT2D eigenvalue weighted by molar-refractivity contribution is 0.0343. The van der Waals surface area contributed by atoms with Crippen molar-refractivity contribution >= 4 is 11.4 Å². The molecule has 4 nitrogen and oxygen atoms in total. The SMILES string of the molecule is CC(C)Oc1cc(N2CC(C)OCC2C)ccc1N. The van der Waals surface area contributed by atoms with Gasteiger partial charge < -0.3 is 20.1 Å². The molecule has 1 heterocycles. The van der Waals surface area contributed by atoms with Crippen LogP contribution in [-0.2, 0) is 4.74 Å². The smallest absolute Gasteiger partial charge is 0.144 e. The summed E-state index contributed by atoms with van der Waals surface area (Å²) in [7, 11) is 0. The largest absolute Gasteiger partial charge is 0.489 e. The highest BCUT2D eigenvalue weighted by atomic mass is 16.5. The van der Waals surface area contributed by atoms with Crippen LogP contribution in [0.15, 0.2) is 18.2 Å². The van der Waals surface area contributed by atoms with E-state index in [-0.39, 0.29) is 12.2 Å². The Morgan fingerprint density at radius 2 is 2.11 bits per heavy atom. The Morgan fingerprint density at radius 3 is 2.79 bits per heavy atom. The molecule has 2 atom stereocenters. The second kappa shape index (κ2) is 5.70. The fourth-order valence-corrected chi connectivity index (χ4v) is 2.32. The van der Waals surface area contributed by atoms with Crippen LogP contribution < -0.4 is 15.4 Å². The second-order valence-corrected chi connectivity index (χ2v) is 5.53. The molecule has 106 valence electrons. The summed E-state index contributed by atoms with van der Waals surface area (Å²) in [6.07, 6.45) is 0.377. The fourth-order valence-electron chi connectivity index (χ4n) is 2.32. The molecule has 1 aromatic rings. The van der Waals surface area contributed by atoms with E-state index in [1.165, 1.54) is 0 Å². The summed E-state index contributed by atoms with van der Waals surface area (Å²) in [4.78, 5) is 2.35. The number of anilines is 2. The molecule has 2 unspecified atom stereocenters. The van der Waals surface area contributed by atoms with Gasteiger partial charge in [0.2, 0.25) is 0 Å². The maximum absolute atomic E-state index is 5.96. The lowest BCUT2D eigenvalue weighted by Crippen LogP contribution is -2.47. The van der Waals surface area contributed by atoms with Crippen molar-refractivity contribution in [3.05, 3.63) is 18.2 Å². The molecule has 1 aliphatic rings. The van der Waals surface area contributed by atoms with E-state index >= 15 is 0 Å². The summed E-state index contributed by atoms with van der Waals surface area (Å²) >= 11 is 0. The van der Waals surface area contributed by atoms with Gasteiger partial charge in [0.15, 0.2) is 0 Å². The zero-order valence-corrected chi connectivity index (χ0v) is 12.2. The Kier molecular flexibility index (Phi) is 4.20. The van der Waals surface area contributed by atoms with Crippen LogP contribution in [0.1, 0.15) is 27.7 Å². The minimum atomic E-state index is 0.124. The molecule has 19 heavy (non-hydrogen) atoms. The Hall–Kier alpha value is -1.42. The maximum atomic E-state index is 5.96. The first-order valence-electron chi connectivity index (χ1n) is 6.91. The molecule has 2 N–H and O–H groups in total. The van der Waals surface area contributed by atoms with Gasteiger partial charge >= 0.3 is 0 Å². The number of hydrogen-bond acceptors (Lipinski definition) is 4. The van der Waals surface area contributed by atoms with Crippen LogP contribution in [-0.4, -0.2) is 31.4 Å². The number of nitrogens with two attached hydrogens (primary N) is 1. The Morgan fingerprint density at radius 1 is 1.37 bits per heavy atom. The van der Waals surface area contributed by atoms with Gasteiger partial charge in [-0.15, -0.1) is 0 Å². The number of benzene rings is 1. The van der Waals surface area contributed by atoms with Crippen molar-refractivity contribution in [3.8, 4) is 5.75 Å². The lowest BCUT2D eigenvalue weighted by atomic mass is 10.1. The number of nitrogen functional groups attached to an aromatic ring is 1. The van der Waals surface area contributed by atoms with Crippen LogP contribution in [0.25, 0.3) is 0 Å². The molecule has 0 bridgehead atoms. The van der Waals surface area contributed by atoms with E-state index < -0.39 is 0 Å². The van der Waals surface area contributed by atoms with Gasteiger partial charge in [-0.2, -0.15) is 0 Å². The van der Waals surface area contributed by atoms with Gasteiger partial charge in [-0.1, -0.05) is 0 Å². The average Bonchev–Trinajstić information content (AvgIpc) is 2.34. The van der Waals surface area contributed by atoms with Crippen molar-refractivity contribution < 1.29 is 9.47 Å². The lowest BCUT2D eigenvalue weighted by Gasteiger charge is -2.38. The molecule has 1 aromatic carbocycles. The van der Waals surface area contributed by atoms with Crippen molar-refractivity contribution in [2.45, 2.75) is 45.9 Å². The molecule has 0 radical (unpaired) electrons. The number of hydrogen-bond donors (Lipinski definition) is 1. The maximum Gasteiger partial charge on any atom is 0.144 e. The van der Waals surface area contributed by atoms with Gasteiger partial charge in [0, 0.05) is 24.3 Å². The highest BCUT2D eigenvalue weighted by Gasteiger charge is 2.24. The van der Waals surface area contributed by atoms with Crippen LogP contribution in [0.5, 0.6) is 5.75 Å². The number of ether oxygens (including phenoxy) is 2. The third-order valence-electron chi connectivity index (χ3n) is 3.30. The summed E-state index contributed by atoms with van der Waals surface area (Å²) in [6.45, 7) is 9.93. The predicted octanol–water partition coefficient (Wildman–Crippen LogP) is 2.67. The van der Waals surface area contributed by atoms with Crippen molar-refractivity contribution in [2.75, 3.05) is 23.8 Å². The minimum absolute atomic E-state index is 0.124. The first-order chi connectivity index (χ1) is 8.97. The molecule has 2 rings (SSSR count). The first kappa shape index (κ1) is 14.0. The van der Waals surface area contributed by atoms with E-state index in [0.717, 1.165) is 24.6 Å². The quantitative estimate of drug-likeness (QED) is 0.853. The molecule has 1 aliphatic heterocycles. The standard InChI is InChI=1S/C15H24N2O2/c1-10(2)19-15-7-13(5-6-14(15)16)17-8-12(4)18-9-11(17)3/h5-7,10-12H,8-9,16H2,1-4H3. The molecule has 4 heteroatoms. The normalized spacial score (nSPS) is 23.7. The molecule has 0 aromatic heterocycles. The van der Waals surface area contributed by atoms with Crippen molar-refractivity contribution in [3.63, 3.8) is 0 Å². The minimum Gasteiger partial charge on any atom is -0.489 e. The molecule has 1 saturated heterocycles. The van der Waals surface area contributed by atoms with Crippen molar-refractivity contribution in [2.24, 2.45) is 0 Å². The van der Waals surface area contributed by atoms with Crippen molar-refractivity contribution in [1.29, 1.82) is 0 Å². The van der Waals surface area contributed by atoms with E-state index in [2.05, 4.69) is 24.8 Å². The third-order valence-corrected chi connectivity index (χ3v) is 3.30. The van der Waals surface area contributed by atoms with Crippen LogP contribution in [0, 0.1) is 0 Å². The zero-order valence-electron chi connectivity index (χ0n) is 12.2. The van der Waals surface area contributed by atoms with E-state index in [4.69, 9.17) is 15.2 Å². The Balaban J connectivity index is 2.24. The van der Waals surface area contributed by atoms with E-state index in [9.17, 15) is 0 Å². The molecule has 0 spiro atoms. The second-order valence-electron chi connectivity index (χ2n) is 5.53. The zero-order chi connectivity index (χ0) is 14.0. The average molecular weight is 264 g/mol. The van der Waals surface area contributed by atoms with E-state index in [0.29, 0.717) is 11.7 Å². The fraction of sp³-hybridized carbons (Fsp3) is 0.600. The first-order valence-corrected chi connectivity index (χ1v) is 6.91. The molecule has 0 saturated carbocycles.